The molecule has 11 heteroatoms. The van der Waals surface area contributed by atoms with E-state index in [0.29, 0.717) is 40.9 Å². The topological polar surface area (TPSA) is 118 Å². The Morgan fingerprint density at radius 2 is 1.59 bits per heavy atom. The number of rotatable bonds is 3. The Hall–Kier alpha value is -3.47. The van der Waals surface area contributed by atoms with Crippen LogP contribution in [0.2, 0.25) is 0 Å². The van der Waals surface area contributed by atoms with E-state index in [9.17, 15) is 14.4 Å². The fourth-order valence-electron chi connectivity index (χ4n) is 3.75. The summed E-state index contributed by atoms with van der Waals surface area (Å²) in [5.74, 6) is -2.61. The summed E-state index contributed by atoms with van der Waals surface area (Å²) in [7, 11) is 0. The second-order valence-electron chi connectivity index (χ2n) is 9.24. The highest BCUT2D eigenvalue weighted by Gasteiger charge is 2.31. The minimum absolute atomic E-state index is 0.0147. The summed E-state index contributed by atoms with van der Waals surface area (Å²) in [6.07, 6.45) is 0. The highest BCUT2D eigenvalue weighted by atomic mass is 32.1. The molecule has 3 rings (SSSR count). The number of carbonyl (C=O) groups is 3. The van der Waals surface area contributed by atoms with E-state index in [1.54, 1.807) is 13.8 Å². The second kappa shape index (κ2) is 9.80. The molecule has 0 spiro atoms. The zero-order chi connectivity index (χ0) is 25.2. The number of anilines is 1. The van der Waals surface area contributed by atoms with Gasteiger partial charge in [0.25, 0.3) is 5.91 Å². The lowest BCUT2D eigenvalue weighted by Crippen LogP contribution is -2.56. The van der Waals surface area contributed by atoms with Crippen molar-refractivity contribution in [2.24, 2.45) is 5.10 Å². The summed E-state index contributed by atoms with van der Waals surface area (Å²) in [5, 5.41) is 15.0. The van der Waals surface area contributed by atoms with Crippen LogP contribution in [0.25, 0.3) is 0 Å². The number of allylic oxidation sites excluding steroid dienone is 1. The van der Waals surface area contributed by atoms with Crippen molar-refractivity contribution in [2.75, 3.05) is 31.2 Å². The molecule has 1 saturated heterocycles. The highest BCUT2D eigenvalue weighted by Crippen LogP contribution is 2.28. The zero-order valence-electron chi connectivity index (χ0n) is 20.0. The molecular weight excluding hydrogens is 456 g/mol. The molecule has 0 radical (unpaired) electrons. The van der Waals surface area contributed by atoms with Crippen LogP contribution >= 0.6 is 12.2 Å². The molecule has 0 atom stereocenters. The maximum atomic E-state index is 13.1. The summed E-state index contributed by atoms with van der Waals surface area (Å²) >= 11 is 5.41. The minimum Gasteiger partial charge on any atom is -0.474 e. The van der Waals surface area contributed by atoms with Crippen molar-refractivity contribution in [1.29, 1.82) is 0 Å². The molecule has 182 valence electrons. The van der Waals surface area contributed by atoms with Gasteiger partial charge in [-0.3, -0.25) is 15.0 Å². The van der Waals surface area contributed by atoms with E-state index < -0.39 is 11.9 Å². The van der Waals surface area contributed by atoms with Gasteiger partial charge in [0.2, 0.25) is 0 Å². The van der Waals surface area contributed by atoms with Crippen molar-refractivity contribution < 1.29 is 19.5 Å². The van der Waals surface area contributed by atoms with E-state index in [0.717, 1.165) is 0 Å². The third kappa shape index (κ3) is 5.36. The Balaban J connectivity index is 1.61. The summed E-state index contributed by atoms with van der Waals surface area (Å²) < 4.78 is 0. The van der Waals surface area contributed by atoms with Gasteiger partial charge in [-0.05, 0) is 49.2 Å². The van der Waals surface area contributed by atoms with Crippen LogP contribution in [0.5, 0.6) is 0 Å². The van der Waals surface area contributed by atoms with Gasteiger partial charge in [0, 0.05) is 31.9 Å². The molecule has 1 aromatic carbocycles. The maximum Gasteiger partial charge on any atom is 0.394 e. The number of thiocarbonyl (C=S) groups is 1. The van der Waals surface area contributed by atoms with Gasteiger partial charge in [-0.25, -0.2) is 4.79 Å². The summed E-state index contributed by atoms with van der Waals surface area (Å²) in [5.41, 5.74) is 9.38. The molecule has 34 heavy (non-hydrogen) atoms. The van der Waals surface area contributed by atoms with E-state index in [-0.39, 0.29) is 24.4 Å². The predicted molar refractivity (Wildman–Crippen MR) is 133 cm³/mol. The number of hydrazone groups is 1. The third-order valence-electron chi connectivity index (χ3n) is 5.76. The number of carboxylic acid groups (broad SMARTS) is 1. The Kier molecular flexibility index (Phi) is 7.25. The number of carbonyl (C=O) groups excluding carboxylic acids is 2. The van der Waals surface area contributed by atoms with Crippen LogP contribution in [0, 0.1) is 0 Å². The minimum atomic E-state index is -1.46. The average Bonchev–Trinajstić information content (AvgIpc) is 3.10. The van der Waals surface area contributed by atoms with Crippen LogP contribution in [-0.2, 0) is 19.8 Å². The lowest BCUT2D eigenvalue weighted by molar-refractivity contribution is -0.156. The standard InChI is InChI=1S/C23H30N6O4S/c1-14(24-25-22(34)28-12-10-27(11-13-28)20(31)21(32)33)18-15(2)26-29(19(18)30)17-8-6-16(7-9-17)23(3,4)5/h6-9,24H,10-13H2,1-5H3,(H,25,34)(H,32,33)/b18-14-. The summed E-state index contributed by atoms with van der Waals surface area (Å²) in [6, 6.07) is 7.79. The third-order valence-corrected chi connectivity index (χ3v) is 6.13. The summed E-state index contributed by atoms with van der Waals surface area (Å²) in [6.45, 7) is 11.3. The van der Waals surface area contributed by atoms with Crippen LogP contribution in [0.15, 0.2) is 40.6 Å². The lowest BCUT2D eigenvalue weighted by Gasteiger charge is -2.35. The molecule has 0 aromatic heterocycles. The Bertz CT molecular complexity index is 1070. The maximum absolute atomic E-state index is 13.1. The molecular formula is C23H30N6O4S. The Morgan fingerprint density at radius 3 is 2.12 bits per heavy atom. The first kappa shape index (κ1) is 25.2. The average molecular weight is 487 g/mol. The number of amides is 2. The van der Waals surface area contributed by atoms with E-state index in [1.807, 2.05) is 29.2 Å². The number of nitrogens with zero attached hydrogens (tertiary/aromatic N) is 4. The summed E-state index contributed by atoms with van der Waals surface area (Å²) in [4.78, 5) is 38.6. The predicted octanol–water partition coefficient (Wildman–Crippen LogP) is 1.59. The first-order valence-corrected chi connectivity index (χ1v) is 11.4. The van der Waals surface area contributed by atoms with Crippen LogP contribution in [-0.4, -0.2) is 69.7 Å². The molecule has 2 amide bonds. The van der Waals surface area contributed by atoms with Gasteiger partial charge in [-0.1, -0.05) is 32.9 Å². The van der Waals surface area contributed by atoms with Crippen LogP contribution in [0.1, 0.15) is 40.2 Å². The van der Waals surface area contributed by atoms with Crippen molar-refractivity contribution in [3.63, 3.8) is 0 Å². The van der Waals surface area contributed by atoms with Gasteiger partial charge >= 0.3 is 11.9 Å². The SMILES string of the molecule is CC1=NN(c2ccc(C(C)(C)C)cc2)C(=O)/C1=C(/C)NNC(=S)N1CCN(C(=O)C(=O)O)CC1. The van der Waals surface area contributed by atoms with E-state index in [2.05, 4.69) is 36.7 Å². The van der Waals surface area contributed by atoms with Gasteiger partial charge in [0.15, 0.2) is 5.11 Å². The quantitative estimate of drug-likeness (QED) is 0.255. The van der Waals surface area contributed by atoms with Crippen molar-refractivity contribution in [3.8, 4) is 0 Å². The van der Waals surface area contributed by atoms with Gasteiger partial charge in [-0.2, -0.15) is 10.1 Å². The fourth-order valence-corrected chi connectivity index (χ4v) is 3.99. The van der Waals surface area contributed by atoms with Crippen molar-refractivity contribution in [2.45, 2.75) is 40.0 Å². The monoisotopic (exact) mass is 486 g/mol. The molecule has 0 unspecified atom stereocenters. The fraction of sp³-hybridized carbons (Fsp3) is 0.435. The molecule has 2 aliphatic heterocycles. The number of piperazine rings is 1. The molecule has 1 fully saturated rings. The molecule has 2 heterocycles. The van der Waals surface area contributed by atoms with Crippen LogP contribution in [0.4, 0.5) is 5.69 Å². The molecule has 10 nitrogen and oxygen atoms in total. The molecule has 3 N–H and O–H groups in total. The van der Waals surface area contributed by atoms with Crippen molar-refractivity contribution in [3.05, 3.63) is 41.1 Å². The number of nitrogens with one attached hydrogen (secondary N) is 2. The van der Waals surface area contributed by atoms with Crippen LogP contribution in [0.3, 0.4) is 0 Å². The zero-order valence-corrected chi connectivity index (χ0v) is 20.8. The van der Waals surface area contributed by atoms with Gasteiger partial charge in [-0.15, -0.1) is 0 Å². The van der Waals surface area contributed by atoms with Gasteiger partial charge in [0.05, 0.1) is 17.0 Å². The van der Waals surface area contributed by atoms with Gasteiger partial charge in [0.1, 0.15) is 0 Å². The molecule has 0 aliphatic carbocycles. The van der Waals surface area contributed by atoms with E-state index in [1.165, 1.54) is 15.5 Å². The Morgan fingerprint density at radius 1 is 1.03 bits per heavy atom. The van der Waals surface area contributed by atoms with E-state index in [4.69, 9.17) is 17.3 Å². The number of carboxylic acids is 1. The normalized spacial score (nSPS) is 18.0. The molecule has 0 bridgehead atoms. The molecule has 0 saturated carbocycles. The van der Waals surface area contributed by atoms with Crippen LogP contribution < -0.4 is 15.9 Å². The number of aliphatic carboxylic acids is 1. The highest BCUT2D eigenvalue weighted by molar-refractivity contribution is 7.80. The first-order valence-electron chi connectivity index (χ1n) is 10.9. The smallest absolute Gasteiger partial charge is 0.394 e. The first-order chi connectivity index (χ1) is 15.9. The largest absolute Gasteiger partial charge is 0.474 e. The number of hydrogen-bond acceptors (Lipinski definition) is 6. The van der Waals surface area contributed by atoms with Gasteiger partial charge < -0.3 is 20.3 Å². The molecule has 2 aliphatic rings. The number of hydrazine groups is 1. The van der Waals surface area contributed by atoms with E-state index >= 15 is 0 Å². The van der Waals surface area contributed by atoms with Crippen molar-refractivity contribution >= 4 is 46.5 Å². The molecule has 1 aromatic rings. The second-order valence-corrected chi connectivity index (χ2v) is 9.63. The van der Waals surface area contributed by atoms with Crippen molar-refractivity contribution in [1.82, 2.24) is 20.7 Å². The lowest BCUT2D eigenvalue weighted by atomic mass is 9.87. The Labute approximate surface area is 204 Å². The number of benzene rings is 1. The number of hydrogen-bond donors (Lipinski definition) is 3.